The molecule has 37 heavy (non-hydrogen) atoms. The molecule has 0 amide bonds. The smallest absolute Gasteiger partial charge is 0.356 e. The Morgan fingerprint density at radius 3 is 2.24 bits per heavy atom. The van der Waals surface area contributed by atoms with E-state index in [1.54, 1.807) is 49.4 Å². The molecule has 0 fully saturated rings. The third-order valence-electron chi connectivity index (χ3n) is 5.59. The standard InChI is InChI=1S/C27H20Cl3NO5S/c1-3-36-27(33)25-21(15-20(26(30)32)17-7-5-4-6-8-17)24-22(29)13-18(28)14-23(24)31(25)37(34,35)19-11-9-16(2)10-12-19/h4-15H,3H2,1-2H3. The number of carbonyl (C=O) groups excluding carboxylic acids is 2. The molecule has 0 atom stereocenters. The molecule has 3 aromatic carbocycles. The van der Waals surface area contributed by atoms with E-state index in [1.165, 1.54) is 30.3 Å². The van der Waals surface area contributed by atoms with Gasteiger partial charge in [0.25, 0.3) is 15.3 Å². The zero-order valence-electron chi connectivity index (χ0n) is 19.7. The molecule has 6 nitrogen and oxygen atoms in total. The minimum Gasteiger partial charge on any atom is -0.461 e. The lowest BCUT2D eigenvalue weighted by Gasteiger charge is -2.12. The highest BCUT2D eigenvalue weighted by Gasteiger charge is 2.32. The summed E-state index contributed by atoms with van der Waals surface area (Å²) in [6.45, 7) is 3.39. The van der Waals surface area contributed by atoms with Crippen molar-refractivity contribution in [3.05, 3.63) is 99.2 Å². The number of rotatable bonds is 7. The average molecular weight is 577 g/mol. The van der Waals surface area contributed by atoms with Crippen molar-refractivity contribution < 1.29 is 22.7 Å². The van der Waals surface area contributed by atoms with Gasteiger partial charge in [0.1, 0.15) is 0 Å². The second-order valence-corrected chi connectivity index (χ2v) is 11.0. The van der Waals surface area contributed by atoms with Gasteiger partial charge in [0.05, 0.1) is 22.0 Å². The number of carbonyl (C=O) groups is 2. The van der Waals surface area contributed by atoms with Crippen molar-refractivity contribution in [1.29, 1.82) is 0 Å². The summed E-state index contributed by atoms with van der Waals surface area (Å²) in [6.07, 6.45) is 1.35. The molecule has 0 unspecified atom stereocenters. The Balaban J connectivity index is 2.19. The predicted molar refractivity (Wildman–Crippen MR) is 147 cm³/mol. The molecule has 0 bridgehead atoms. The van der Waals surface area contributed by atoms with Gasteiger partial charge >= 0.3 is 5.97 Å². The van der Waals surface area contributed by atoms with Gasteiger partial charge in [-0.15, -0.1) is 0 Å². The largest absolute Gasteiger partial charge is 0.461 e. The molecule has 1 heterocycles. The molecule has 0 spiro atoms. The highest BCUT2D eigenvalue weighted by atomic mass is 35.5. The number of hydrogen-bond acceptors (Lipinski definition) is 5. The Morgan fingerprint density at radius 1 is 1.00 bits per heavy atom. The van der Waals surface area contributed by atoms with Crippen LogP contribution in [0.4, 0.5) is 0 Å². The van der Waals surface area contributed by atoms with Crippen molar-refractivity contribution in [2.75, 3.05) is 6.61 Å². The van der Waals surface area contributed by atoms with Crippen LogP contribution in [0, 0.1) is 6.92 Å². The van der Waals surface area contributed by atoms with E-state index in [9.17, 15) is 18.0 Å². The SMILES string of the molecule is CCOC(=O)c1c(C=C(C(=O)Cl)c2ccccc2)c2c(Cl)cc(Cl)cc2n1S(=O)(=O)c1ccc(C)cc1. The summed E-state index contributed by atoms with van der Waals surface area (Å²) >= 11 is 18.8. The van der Waals surface area contributed by atoms with Gasteiger partial charge in [0.2, 0.25) is 0 Å². The number of allylic oxidation sites excluding steroid dienone is 1. The molecule has 0 aliphatic rings. The van der Waals surface area contributed by atoms with Crippen LogP contribution in [0.1, 0.15) is 34.1 Å². The Morgan fingerprint density at radius 2 is 1.65 bits per heavy atom. The maximum atomic E-state index is 14.0. The highest BCUT2D eigenvalue weighted by molar-refractivity contribution is 7.90. The number of fused-ring (bicyclic) bond motifs is 1. The van der Waals surface area contributed by atoms with Gasteiger partial charge in [0, 0.05) is 21.5 Å². The molecule has 0 radical (unpaired) electrons. The van der Waals surface area contributed by atoms with E-state index in [-0.39, 0.29) is 49.3 Å². The predicted octanol–water partition coefficient (Wildman–Crippen LogP) is 6.98. The summed E-state index contributed by atoms with van der Waals surface area (Å²) in [6, 6.07) is 17.5. The molecule has 10 heteroatoms. The van der Waals surface area contributed by atoms with E-state index in [4.69, 9.17) is 39.5 Å². The fourth-order valence-corrected chi connectivity index (χ4v) is 6.20. The number of benzene rings is 3. The molecular weight excluding hydrogens is 557 g/mol. The summed E-state index contributed by atoms with van der Waals surface area (Å²) in [4.78, 5) is 25.8. The monoisotopic (exact) mass is 575 g/mol. The van der Waals surface area contributed by atoms with Crippen LogP contribution in [0.5, 0.6) is 0 Å². The zero-order chi connectivity index (χ0) is 26.9. The van der Waals surface area contributed by atoms with Gasteiger partial charge in [-0.3, -0.25) is 4.79 Å². The Labute approximate surface area is 229 Å². The molecule has 190 valence electrons. The zero-order valence-corrected chi connectivity index (χ0v) is 22.8. The first kappa shape index (κ1) is 26.9. The van der Waals surface area contributed by atoms with Gasteiger partial charge in [0.15, 0.2) is 5.69 Å². The van der Waals surface area contributed by atoms with E-state index >= 15 is 0 Å². The van der Waals surface area contributed by atoms with Crippen LogP contribution in [-0.4, -0.2) is 30.2 Å². The van der Waals surface area contributed by atoms with E-state index in [0.717, 1.165) is 9.54 Å². The molecule has 0 aliphatic heterocycles. The molecule has 4 rings (SSSR count). The molecule has 4 aromatic rings. The van der Waals surface area contributed by atoms with E-state index in [1.807, 2.05) is 6.92 Å². The number of ether oxygens (including phenoxy) is 1. The van der Waals surface area contributed by atoms with Gasteiger partial charge in [-0.2, -0.15) is 0 Å². The Kier molecular flexibility index (Phi) is 7.80. The van der Waals surface area contributed by atoms with Crippen LogP contribution in [-0.2, 0) is 19.6 Å². The highest BCUT2D eigenvalue weighted by Crippen LogP contribution is 2.39. The van der Waals surface area contributed by atoms with Crippen LogP contribution >= 0.6 is 34.8 Å². The number of aromatic nitrogens is 1. The fourth-order valence-electron chi connectivity index (χ4n) is 3.95. The van der Waals surface area contributed by atoms with Gasteiger partial charge in [-0.1, -0.05) is 71.2 Å². The number of aryl methyl sites for hydroxylation is 1. The summed E-state index contributed by atoms with van der Waals surface area (Å²) in [5, 5.41) is -0.394. The van der Waals surface area contributed by atoms with E-state index < -0.39 is 21.2 Å². The molecular formula is C27H20Cl3NO5S. The number of halogens is 3. The summed E-state index contributed by atoms with van der Waals surface area (Å²) < 4.78 is 34.1. The minimum atomic E-state index is -4.36. The lowest BCUT2D eigenvalue weighted by Crippen LogP contribution is -2.20. The number of esters is 1. The van der Waals surface area contributed by atoms with Crippen molar-refractivity contribution in [3.63, 3.8) is 0 Å². The summed E-state index contributed by atoms with van der Waals surface area (Å²) in [5.74, 6) is -0.928. The molecule has 1 aromatic heterocycles. The molecule has 0 saturated carbocycles. The second kappa shape index (κ2) is 10.7. The van der Waals surface area contributed by atoms with Crippen LogP contribution in [0.25, 0.3) is 22.6 Å². The quantitative estimate of drug-likeness (QED) is 0.135. The van der Waals surface area contributed by atoms with Crippen LogP contribution in [0.3, 0.4) is 0 Å². The maximum absolute atomic E-state index is 14.0. The Hall–Kier alpha value is -3.10. The maximum Gasteiger partial charge on any atom is 0.356 e. The van der Waals surface area contributed by atoms with Crippen molar-refractivity contribution in [2.24, 2.45) is 0 Å². The van der Waals surface area contributed by atoms with Crippen LogP contribution in [0.15, 0.2) is 71.6 Å². The molecule has 0 N–H and O–H groups in total. The third-order valence-corrected chi connectivity index (χ3v) is 8.04. The first-order chi connectivity index (χ1) is 17.6. The van der Waals surface area contributed by atoms with Crippen LogP contribution < -0.4 is 0 Å². The second-order valence-electron chi connectivity index (χ2n) is 8.04. The van der Waals surface area contributed by atoms with Crippen molar-refractivity contribution >= 4 is 78.6 Å². The van der Waals surface area contributed by atoms with Gasteiger partial charge in [-0.05, 0) is 61.4 Å². The molecule has 0 aliphatic carbocycles. The summed E-state index contributed by atoms with van der Waals surface area (Å²) in [7, 11) is -4.36. The normalized spacial score (nSPS) is 12.1. The summed E-state index contributed by atoms with van der Waals surface area (Å²) in [5.41, 5.74) is 1.11. The third kappa shape index (κ3) is 5.18. The van der Waals surface area contributed by atoms with Gasteiger partial charge in [-0.25, -0.2) is 17.2 Å². The Bertz CT molecular complexity index is 1660. The van der Waals surface area contributed by atoms with Gasteiger partial charge < -0.3 is 4.74 Å². The topological polar surface area (TPSA) is 82.4 Å². The number of nitrogens with zero attached hydrogens (tertiary/aromatic N) is 1. The van der Waals surface area contributed by atoms with Crippen molar-refractivity contribution in [3.8, 4) is 0 Å². The molecule has 0 saturated heterocycles. The minimum absolute atomic E-state index is 0.0252. The van der Waals surface area contributed by atoms with E-state index in [0.29, 0.717) is 5.56 Å². The first-order valence-corrected chi connectivity index (χ1v) is 13.6. The fraction of sp³-hybridized carbons (Fsp3) is 0.111. The average Bonchev–Trinajstić information content (AvgIpc) is 3.18. The lowest BCUT2D eigenvalue weighted by molar-refractivity contribution is -0.106. The van der Waals surface area contributed by atoms with Crippen molar-refractivity contribution in [1.82, 2.24) is 3.97 Å². The van der Waals surface area contributed by atoms with E-state index in [2.05, 4.69) is 0 Å². The lowest BCUT2D eigenvalue weighted by atomic mass is 10.0. The van der Waals surface area contributed by atoms with Crippen molar-refractivity contribution in [2.45, 2.75) is 18.7 Å². The first-order valence-electron chi connectivity index (χ1n) is 11.1. The number of hydrogen-bond donors (Lipinski definition) is 0. The van der Waals surface area contributed by atoms with Crippen LogP contribution in [0.2, 0.25) is 10.0 Å².